The maximum atomic E-state index is 13.1. The van der Waals surface area contributed by atoms with Crippen LogP contribution in [0.25, 0.3) is 0 Å². The molecule has 0 atom stereocenters. The van der Waals surface area contributed by atoms with Gasteiger partial charge in [0, 0.05) is 7.05 Å². The summed E-state index contributed by atoms with van der Waals surface area (Å²) in [4.78, 5) is 24.4. The lowest BCUT2D eigenvalue weighted by Crippen LogP contribution is -2.27. The number of nitrogens with zero attached hydrogens (tertiary/aromatic N) is 1. The Bertz CT molecular complexity index is 755. The average Bonchev–Trinajstić information content (AvgIpc) is 2.83. The van der Waals surface area contributed by atoms with Crippen molar-refractivity contribution in [1.29, 1.82) is 0 Å². The van der Waals surface area contributed by atoms with Crippen LogP contribution in [-0.4, -0.2) is 28.9 Å². The molecule has 1 aromatic heterocycles. The molecule has 23 heavy (non-hydrogen) atoms. The van der Waals surface area contributed by atoms with E-state index < -0.39 is 17.6 Å². The van der Waals surface area contributed by atoms with Crippen molar-refractivity contribution >= 4 is 11.9 Å². The van der Waals surface area contributed by atoms with Crippen LogP contribution in [0.2, 0.25) is 0 Å². The Morgan fingerprint density at radius 1 is 1.22 bits per heavy atom. The van der Waals surface area contributed by atoms with Gasteiger partial charge in [0.05, 0.1) is 13.0 Å². The van der Waals surface area contributed by atoms with Gasteiger partial charge in [-0.15, -0.1) is 0 Å². The van der Waals surface area contributed by atoms with Crippen molar-refractivity contribution in [3.63, 3.8) is 0 Å². The zero-order valence-electron chi connectivity index (χ0n) is 12.6. The van der Waals surface area contributed by atoms with Crippen LogP contribution in [-0.2, 0) is 17.8 Å². The number of carbonyl (C=O) groups excluding carboxylic acids is 1. The smallest absolute Gasteiger partial charge is 0.339 e. The maximum Gasteiger partial charge on any atom is 0.339 e. The molecule has 0 aliphatic carbocycles. The number of carbonyl (C=O) groups is 2. The second-order valence-electron chi connectivity index (χ2n) is 5.16. The number of benzene rings is 1. The van der Waals surface area contributed by atoms with E-state index in [2.05, 4.69) is 0 Å². The van der Waals surface area contributed by atoms with E-state index in [9.17, 15) is 18.4 Å². The molecule has 2 aromatic rings. The van der Waals surface area contributed by atoms with Crippen molar-refractivity contribution in [3.05, 3.63) is 58.5 Å². The number of hydrogen-bond donors (Lipinski definition) is 1. The quantitative estimate of drug-likeness (QED) is 0.918. The normalized spacial score (nSPS) is 10.6. The van der Waals surface area contributed by atoms with Crippen molar-refractivity contribution in [2.45, 2.75) is 19.9 Å². The lowest BCUT2D eigenvalue weighted by Gasteiger charge is -2.15. The number of halogens is 2. The fraction of sp³-hybridized carbons (Fsp3) is 0.250. The van der Waals surface area contributed by atoms with Crippen molar-refractivity contribution in [3.8, 4) is 0 Å². The van der Waals surface area contributed by atoms with Crippen molar-refractivity contribution in [2.24, 2.45) is 0 Å². The van der Waals surface area contributed by atoms with Gasteiger partial charge in [-0.05, 0) is 30.7 Å². The molecule has 1 heterocycles. The summed E-state index contributed by atoms with van der Waals surface area (Å²) < 4.78 is 31.3. The van der Waals surface area contributed by atoms with Crippen LogP contribution in [0.3, 0.4) is 0 Å². The second kappa shape index (κ2) is 6.60. The summed E-state index contributed by atoms with van der Waals surface area (Å²) in [6, 6.07) is 4.64. The monoisotopic (exact) mass is 323 g/mol. The Kier molecular flexibility index (Phi) is 4.78. The van der Waals surface area contributed by atoms with Crippen molar-refractivity contribution < 1.29 is 27.9 Å². The molecular weight excluding hydrogens is 308 g/mol. The molecule has 0 saturated heterocycles. The van der Waals surface area contributed by atoms with E-state index in [-0.39, 0.29) is 30.2 Å². The fourth-order valence-electron chi connectivity index (χ4n) is 2.12. The largest absolute Gasteiger partial charge is 0.478 e. The SMILES string of the molecule is Cc1oc(CN(C)C(=O)Cc2ccc(F)c(F)c2)cc1C(=O)O. The topological polar surface area (TPSA) is 70.8 Å². The summed E-state index contributed by atoms with van der Waals surface area (Å²) in [5.74, 6) is -2.82. The molecule has 0 fully saturated rings. The zero-order valence-corrected chi connectivity index (χ0v) is 12.6. The molecule has 2 rings (SSSR count). The summed E-state index contributed by atoms with van der Waals surface area (Å²) in [5, 5.41) is 8.96. The average molecular weight is 323 g/mol. The molecule has 1 N–H and O–H groups in total. The third-order valence-electron chi connectivity index (χ3n) is 3.36. The first-order valence-corrected chi connectivity index (χ1v) is 6.78. The minimum absolute atomic E-state index is 0.0430. The third kappa shape index (κ3) is 3.94. The van der Waals surface area contributed by atoms with E-state index in [0.717, 1.165) is 12.1 Å². The third-order valence-corrected chi connectivity index (χ3v) is 3.36. The van der Waals surface area contributed by atoms with Crippen LogP contribution in [0, 0.1) is 18.6 Å². The molecule has 5 nitrogen and oxygen atoms in total. The summed E-state index contributed by atoms with van der Waals surface area (Å²) >= 11 is 0. The van der Waals surface area contributed by atoms with Gasteiger partial charge in [0.15, 0.2) is 11.6 Å². The standard InChI is InChI=1S/C16H15F2NO4/c1-9-12(16(21)22)7-11(23-9)8-19(2)15(20)6-10-3-4-13(17)14(18)5-10/h3-5,7H,6,8H2,1-2H3,(H,21,22). The van der Waals surface area contributed by atoms with Gasteiger partial charge in [-0.1, -0.05) is 6.07 Å². The molecule has 0 aliphatic rings. The molecule has 0 unspecified atom stereocenters. The Morgan fingerprint density at radius 3 is 2.48 bits per heavy atom. The van der Waals surface area contributed by atoms with E-state index in [1.165, 1.54) is 31.0 Å². The summed E-state index contributed by atoms with van der Waals surface area (Å²) in [6.45, 7) is 1.60. The van der Waals surface area contributed by atoms with Gasteiger partial charge in [-0.25, -0.2) is 13.6 Å². The fourth-order valence-corrected chi connectivity index (χ4v) is 2.12. The highest BCUT2D eigenvalue weighted by atomic mass is 19.2. The molecule has 1 aromatic carbocycles. The molecule has 0 spiro atoms. The number of carboxylic acid groups (broad SMARTS) is 1. The van der Waals surface area contributed by atoms with Crippen LogP contribution in [0.4, 0.5) is 8.78 Å². The highest BCUT2D eigenvalue weighted by Gasteiger charge is 2.17. The number of likely N-dealkylation sites (N-methyl/N-ethyl adjacent to an activating group) is 1. The van der Waals surface area contributed by atoms with Crippen molar-refractivity contribution in [2.75, 3.05) is 7.05 Å². The predicted molar refractivity (Wildman–Crippen MR) is 76.9 cm³/mol. The lowest BCUT2D eigenvalue weighted by atomic mass is 10.1. The summed E-state index contributed by atoms with van der Waals surface area (Å²) in [6.07, 6.45) is -0.0980. The molecule has 0 aliphatic heterocycles. The van der Waals surface area contributed by atoms with Gasteiger partial charge in [-0.3, -0.25) is 4.79 Å². The Labute approximate surface area is 131 Å². The molecule has 0 bridgehead atoms. The first kappa shape index (κ1) is 16.7. The minimum Gasteiger partial charge on any atom is -0.478 e. The number of amides is 1. The van der Waals surface area contributed by atoms with Gasteiger partial charge in [0.25, 0.3) is 0 Å². The highest BCUT2D eigenvalue weighted by Crippen LogP contribution is 2.17. The predicted octanol–water partition coefficient (Wildman–Crippen LogP) is 2.77. The van der Waals surface area contributed by atoms with Gasteiger partial charge in [0.1, 0.15) is 17.1 Å². The van der Waals surface area contributed by atoms with E-state index in [1.807, 2.05) is 0 Å². The van der Waals surface area contributed by atoms with Crippen LogP contribution < -0.4 is 0 Å². The Morgan fingerprint density at radius 2 is 1.91 bits per heavy atom. The molecular formula is C16H15F2NO4. The molecule has 7 heteroatoms. The lowest BCUT2D eigenvalue weighted by molar-refractivity contribution is -0.129. The van der Waals surface area contributed by atoms with Crippen molar-refractivity contribution in [1.82, 2.24) is 4.90 Å². The van der Waals surface area contributed by atoms with Crippen LogP contribution in [0.1, 0.15) is 27.4 Å². The van der Waals surface area contributed by atoms with E-state index in [4.69, 9.17) is 9.52 Å². The number of hydrogen-bond acceptors (Lipinski definition) is 3. The second-order valence-corrected chi connectivity index (χ2v) is 5.16. The summed E-state index contributed by atoms with van der Waals surface area (Å²) in [7, 11) is 1.51. The summed E-state index contributed by atoms with van der Waals surface area (Å²) in [5.41, 5.74) is 0.393. The highest BCUT2D eigenvalue weighted by molar-refractivity contribution is 5.88. The van der Waals surface area contributed by atoms with E-state index in [1.54, 1.807) is 0 Å². The van der Waals surface area contributed by atoms with Crippen LogP contribution in [0.15, 0.2) is 28.7 Å². The van der Waals surface area contributed by atoms with Gasteiger partial charge in [0.2, 0.25) is 5.91 Å². The van der Waals surface area contributed by atoms with Gasteiger partial charge < -0.3 is 14.4 Å². The maximum absolute atomic E-state index is 13.1. The first-order chi connectivity index (χ1) is 10.8. The number of aromatic carboxylic acids is 1. The van der Waals surface area contributed by atoms with Gasteiger partial charge >= 0.3 is 5.97 Å². The molecule has 0 saturated carbocycles. The van der Waals surface area contributed by atoms with E-state index in [0.29, 0.717) is 11.3 Å². The molecule has 122 valence electrons. The van der Waals surface area contributed by atoms with E-state index >= 15 is 0 Å². The Hall–Kier alpha value is -2.70. The number of aryl methyl sites for hydroxylation is 1. The molecule has 1 amide bonds. The molecule has 0 radical (unpaired) electrons. The Balaban J connectivity index is 2.03. The first-order valence-electron chi connectivity index (χ1n) is 6.78. The van der Waals surface area contributed by atoms with Crippen LogP contribution in [0.5, 0.6) is 0 Å². The number of furan rings is 1. The zero-order chi connectivity index (χ0) is 17.1. The van der Waals surface area contributed by atoms with Crippen LogP contribution >= 0.6 is 0 Å². The number of carboxylic acids is 1. The number of rotatable bonds is 5. The van der Waals surface area contributed by atoms with Gasteiger partial charge in [-0.2, -0.15) is 0 Å². The minimum atomic E-state index is -1.10.